The molecule has 2 amide bonds. The maximum atomic E-state index is 12.0. The van der Waals surface area contributed by atoms with Crippen LogP contribution in [0.25, 0.3) is 0 Å². The molecule has 4 nitrogen and oxygen atoms in total. The average Bonchev–Trinajstić information content (AvgIpc) is 2.81. The lowest BCUT2D eigenvalue weighted by molar-refractivity contribution is -0.124. The number of benzene rings is 1. The van der Waals surface area contributed by atoms with E-state index in [9.17, 15) is 9.59 Å². The normalized spacial score (nSPS) is 14.4. The second-order valence-corrected chi connectivity index (χ2v) is 7.39. The SMILES string of the molecule is Cc1ccc(NC(=O)CCCCCN2C(=O)CSC2=S)c(C)c1. The highest BCUT2D eigenvalue weighted by atomic mass is 32.2. The summed E-state index contributed by atoms with van der Waals surface area (Å²) in [7, 11) is 0. The number of hydrogen-bond donors (Lipinski definition) is 1. The summed E-state index contributed by atoms with van der Waals surface area (Å²) in [6, 6.07) is 6.00. The molecule has 0 atom stereocenters. The van der Waals surface area contributed by atoms with Gasteiger partial charge in [0, 0.05) is 18.7 Å². The molecule has 0 bridgehead atoms. The molecule has 1 N–H and O–H groups in total. The van der Waals surface area contributed by atoms with Crippen molar-refractivity contribution in [1.29, 1.82) is 0 Å². The third-order valence-electron chi connectivity index (χ3n) is 3.78. The van der Waals surface area contributed by atoms with Crippen LogP contribution in [0.1, 0.15) is 36.8 Å². The molecule has 1 saturated heterocycles. The Morgan fingerprint density at radius 3 is 2.74 bits per heavy atom. The minimum atomic E-state index is 0.0419. The van der Waals surface area contributed by atoms with Gasteiger partial charge in [0.05, 0.1) is 5.75 Å². The number of rotatable bonds is 7. The molecule has 1 aliphatic heterocycles. The molecule has 6 heteroatoms. The van der Waals surface area contributed by atoms with Gasteiger partial charge in [0.15, 0.2) is 0 Å². The standard InChI is InChI=1S/C17H22N2O2S2/c1-12-7-8-14(13(2)10-12)18-15(20)6-4-3-5-9-19-16(21)11-23-17(19)22/h7-8,10H,3-6,9,11H2,1-2H3,(H,18,20). The van der Waals surface area contributed by atoms with Crippen molar-refractivity contribution < 1.29 is 9.59 Å². The highest BCUT2D eigenvalue weighted by Crippen LogP contribution is 2.20. The first-order valence-corrected chi connectivity index (χ1v) is 9.21. The number of unbranched alkanes of at least 4 members (excludes halogenated alkanes) is 2. The summed E-state index contributed by atoms with van der Waals surface area (Å²) in [5, 5.41) is 2.96. The number of thiocarbonyl (C=S) groups is 1. The van der Waals surface area contributed by atoms with E-state index >= 15 is 0 Å². The summed E-state index contributed by atoms with van der Waals surface area (Å²) in [5.41, 5.74) is 3.15. The predicted molar refractivity (Wildman–Crippen MR) is 99.8 cm³/mol. The van der Waals surface area contributed by atoms with E-state index in [1.165, 1.54) is 17.3 Å². The fourth-order valence-electron chi connectivity index (χ4n) is 2.50. The van der Waals surface area contributed by atoms with Crippen molar-refractivity contribution in [2.45, 2.75) is 39.5 Å². The minimum Gasteiger partial charge on any atom is -0.326 e. The van der Waals surface area contributed by atoms with Crippen LogP contribution in [0.2, 0.25) is 0 Å². The topological polar surface area (TPSA) is 49.4 Å². The molecule has 0 radical (unpaired) electrons. The summed E-state index contributed by atoms with van der Waals surface area (Å²) >= 11 is 6.56. The molecular weight excluding hydrogens is 328 g/mol. The van der Waals surface area contributed by atoms with Crippen molar-refractivity contribution >= 4 is 45.8 Å². The Morgan fingerprint density at radius 1 is 1.30 bits per heavy atom. The van der Waals surface area contributed by atoms with Gasteiger partial charge in [0.1, 0.15) is 4.32 Å². The zero-order valence-corrected chi connectivity index (χ0v) is 15.2. The van der Waals surface area contributed by atoms with Gasteiger partial charge >= 0.3 is 0 Å². The van der Waals surface area contributed by atoms with Crippen LogP contribution in [-0.4, -0.2) is 33.3 Å². The number of carbonyl (C=O) groups excluding carboxylic acids is 2. The van der Waals surface area contributed by atoms with Crippen molar-refractivity contribution in [2.75, 3.05) is 17.6 Å². The Balaban J connectivity index is 1.65. The lowest BCUT2D eigenvalue weighted by atomic mass is 10.1. The Bertz CT molecular complexity index is 601. The molecule has 0 spiro atoms. The first-order valence-electron chi connectivity index (χ1n) is 7.81. The summed E-state index contributed by atoms with van der Waals surface area (Å²) in [5.74, 6) is 0.616. The Hall–Kier alpha value is -1.40. The van der Waals surface area contributed by atoms with Crippen LogP contribution in [0.15, 0.2) is 18.2 Å². The fourth-order valence-corrected chi connectivity index (χ4v) is 3.62. The average molecular weight is 351 g/mol. The number of amides is 2. The van der Waals surface area contributed by atoms with Crippen molar-refractivity contribution in [3.05, 3.63) is 29.3 Å². The van der Waals surface area contributed by atoms with Gasteiger partial charge < -0.3 is 5.32 Å². The van der Waals surface area contributed by atoms with E-state index in [-0.39, 0.29) is 11.8 Å². The van der Waals surface area contributed by atoms with E-state index in [0.29, 0.717) is 23.0 Å². The molecule has 1 aliphatic rings. The zero-order valence-electron chi connectivity index (χ0n) is 13.6. The van der Waals surface area contributed by atoms with Gasteiger partial charge in [0.25, 0.3) is 0 Å². The highest BCUT2D eigenvalue weighted by Gasteiger charge is 2.25. The van der Waals surface area contributed by atoms with Gasteiger partial charge in [-0.3, -0.25) is 14.5 Å². The van der Waals surface area contributed by atoms with Gasteiger partial charge in [-0.05, 0) is 38.3 Å². The molecule has 0 unspecified atom stereocenters. The van der Waals surface area contributed by atoms with Crippen LogP contribution in [0.3, 0.4) is 0 Å². The lowest BCUT2D eigenvalue weighted by Crippen LogP contribution is -2.29. The molecule has 23 heavy (non-hydrogen) atoms. The predicted octanol–water partition coefficient (Wildman–Crippen LogP) is 3.66. The lowest BCUT2D eigenvalue weighted by Gasteiger charge is -2.14. The molecule has 124 valence electrons. The number of thioether (sulfide) groups is 1. The number of carbonyl (C=O) groups is 2. The van der Waals surface area contributed by atoms with E-state index in [4.69, 9.17) is 12.2 Å². The molecule has 1 heterocycles. The van der Waals surface area contributed by atoms with E-state index in [0.717, 1.165) is 30.5 Å². The number of anilines is 1. The zero-order chi connectivity index (χ0) is 16.8. The Morgan fingerprint density at radius 2 is 2.09 bits per heavy atom. The number of nitrogens with zero attached hydrogens (tertiary/aromatic N) is 1. The summed E-state index contributed by atoms with van der Waals surface area (Å²) in [6.45, 7) is 4.70. The molecule has 2 rings (SSSR count). The highest BCUT2D eigenvalue weighted by molar-refractivity contribution is 8.23. The van der Waals surface area contributed by atoms with Crippen LogP contribution in [-0.2, 0) is 9.59 Å². The van der Waals surface area contributed by atoms with Crippen LogP contribution >= 0.6 is 24.0 Å². The molecular formula is C17H22N2O2S2. The second kappa shape index (κ2) is 8.45. The quantitative estimate of drug-likeness (QED) is 0.602. The third kappa shape index (κ3) is 5.32. The summed E-state index contributed by atoms with van der Waals surface area (Å²) in [6.07, 6.45) is 3.11. The summed E-state index contributed by atoms with van der Waals surface area (Å²) < 4.78 is 0.683. The number of nitrogens with one attached hydrogen (secondary N) is 1. The number of hydrogen-bond acceptors (Lipinski definition) is 4. The second-order valence-electron chi connectivity index (χ2n) is 5.78. The first kappa shape index (κ1) is 17.9. The van der Waals surface area contributed by atoms with Gasteiger partial charge in [-0.1, -0.05) is 48.1 Å². The van der Waals surface area contributed by atoms with Gasteiger partial charge in [0.2, 0.25) is 11.8 Å². The van der Waals surface area contributed by atoms with Gasteiger partial charge in [-0.15, -0.1) is 0 Å². The van der Waals surface area contributed by atoms with Crippen molar-refractivity contribution in [3.63, 3.8) is 0 Å². The molecule has 0 aliphatic carbocycles. The number of aryl methyl sites for hydroxylation is 2. The van der Waals surface area contributed by atoms with Gasteiger partial charge in [-0.25, -0.2) is 0 Å². The fraction of sp³-hybridized carbons (Fsp3) is 0.471. The molecule has 0 saturated carbocycles. The largest absolute Gasteiger partial charge is 0.326 e. The molecule has 0 aromatic heterocycles. The smallest absolute Gasteiger partial charge is 0.238 e. The van der Waals surface area contributed by atoms with Crippen molar-refractivity contribution in [3.8, 4) is 0 Å². The van der Waals surface area contributed by atoms with Crippen LogP contribution in [0, 0.1) is 13.8 Å². The Labute approximate surface area is 147 Å². The van der Waals surface area contributed by atoms with Crippen molar-refractivity contribution in [1.82, 2.24) is 4.90 Å². The monoisotopic (exact) mass is 350 g/mol. The van der Waals surface area contributed by atoms with Crippen LogP contribution in [0.4, 0.5) is 5.69 Å². The van der Waals surface area contributed by atoms with E-state index < -0.39 is 0 Å². The maximum absolute atomic E-state index is 12.0. The van der Waals surface area contributed by atoms with Crippen LogP contribution in [0.5, 0.6) is 0 Å². The molecule has 1 aromatic rings. The van der Waals surface area contributed by atoms with E-state index in [1.807, 2.05) is 26.0 Å². The van der Waals surface area contributed by atoms with E-state index in [2.05, 4.69) is 11.4 Å². The van der Waals surface area contributed by atoms with E-state index in [1.54, 1.807) is 4.90 Å². The third-order valence-corrected chi connectivity index (χ3v) is 5.21. The van der Waals surface area contributed by atoms with Crippen LogP contribution < -0.4 is 5.32 Å². The molecule has 1 fully saturated rings. The molecule has 1 aromatic carbocycles. The van der Waals surface area contributed by atoms with Gasteiger partial charge in [-0.2, -0.15) is 0 Å². The minimum absolute atomic E-state index is 0.0419. The first-order chi connectivity index (χ1) is 11.0. The maximum Gasteiger partial charge on any atom is 0.238 e. The summed E-state index contributed by atoms with van der Waals surface area (Å²) in [4.78, 5) is 25.2. The van der Waals surface area contributed by atoms with Crippen molar-refractivity contribution in [2.24, 2.45) is 0 Å². The Kier molecular flexibility index (Phi) is 6.59.